The molecule has 1 N–H and O–H groups in total. The number of ether oxygens (including phenoxy) is 1. The van der Waals surface area contributed by atoms with Crippen LogP contribution in [0.2, 0.25) is 0 Å². The van der Waals surface area contributed by atoms with Crippen molar-refractivity contribution in [3.05, 3.63) is 64.7 Å². The number of anilines is 1. The van der Waals surface area contributed by atoms with Gasteiger partial charge in [-0.25, -0.2) is 13.6 Å². The molecule has 0 aromatic heterocycles. The fraction of sp³-hybridized carbons (Fsp3) is 0.188. The first kappa shape index (κ1) is 15.0. The van der Waals surface area contributed by atoms with Gasteiger partial charge in [0.15, 0.2) is 0 Å². The van der Waals surface area contributed by atoms with Gasteiger partial charge in [0.05, 0.1) is 12.7 Å². The second-order valence-electron chi connectivity index (χ2n) is 4.63. The van der Waals surface area contributed by atoms with E-state index in [1.165, 1.54) is 19.2 Å². The summed E-state index contributed by atoms with van der Waals surface area (Å²) >= 11 is 0. The number of aryl methyl sites for hydroxylation is 1. The zero-order valence-corrected chi connectivity index (χ0v) is 11.7. The number of rotatable bonds is 4. The van der Waals surface area contributed by atoms with Gasteiger partial charge >= 0.3 is 5.97 Å². The molecule has 2 aromatic rings. The smallest absolute Gasteiger partial charge is 0.339 e. The second-order valence-corrected chi connectivity index (χ2v) is 4.63. The Balaban J connectivity index is 2.21. The van der Waals surface area contributed by atoms with Gasteiger partial charge < -0.3 is 10.1 Å². The van der Waals surface area contributed by atoms with Crippen LogP contribution in [0, 0.1) is 18.6 Å². The summed E-state index contributed by atoms with van der Waals surface area (Å²) in [5, 5.41) is 2.97. The van der Waals surface area contributed by atoms with Gasteiger partial charge in [-0.05, 0) is 25.1 Å². The van der Waals surface area contributed by atoms with Crippen LogP contribution in [0.15, 0.2) is 36.4 Å². The van der Waals surface area contributed by atoms with Gasteiger partial charge in [0.1, 0.15) is 11.6 Å². The lowest BCUT2D eigenvalue weighted by atomic mass is 10.1. The van der Waals surface area contributed by atoms with Crippen molar-refractivity contribution in [1.82, 2.24) is 0 Å². The van der Waals surface area contributed by atoms with Gasteiger partial charge in [-0.3, -0.25) is 0 Å². The molecule has 0 saturated heterocycles. The van der Waals surface area contributed by atoms with E-state index in [4.69, 9.17) is 4.74 Å². The molecule has 0 atom stereocenters. The summed E-state index contributed by atoms with van der Waals surface area (Å²) in [6, 6.07) is 8.63. The summed E-state index contributed by atoms with van der Waals surface area (Å²) in [5.74, 6) is -1.73. The molecule has 5 heteroatoms. The maximum atomic E-state index is 13.6. The summed E-state index contributed by atoms with van der Waals surface area (Å²) in [6.45, 7) is 2.00. The fourth-order valence-electron chi connectivity index (χ4n) is 1.95. The van der Waals surface area contributed by atoms with Crippen LogP contribution in [0.3, 0.4) is 0 Å². The zero-order valence-electron chi connectivity index (χ0n) is 11.7. The van der Waals surface area contributed by atoms with Crippen LogP contribution in [0.25, 0.3) is 0 Å². The molecule has 0 saturated carbocycles. The third kappa shape index (κ3) is 3.56. The maximum Gasteiger partial charge on any atom is 0.339 e. The molecule has 0 heterocycles. The minimum absolute atomic E-state index is 0.138. The molecule has 0 amide bonds. The van der Waals surface area contributed by atoms with Crippen LogP contribution >= 0.6 is 0 Å². The fourth-order valence-corrected chi connectivity index (χ4v) is 1.95. The quantitative estimate of drug-likeness (QED) is 0.873. The van der Waals surface area contributed by atoms with E-state index in [9.17, 15) is 13.6 Å². The predicted octanol–water partition coefficient (Wildman–Crippen LogP) is 3.67. The number of esters is 1. The van der Waals surface area contributed by atoms with Crippen LogP contribution in [-0.4, -0.2) is 13.1 Å². The summed E-state index contributed by atoms with van der Waals surface area (Å²) in [4.78, 5) is 11.7. The van der Waals surface area contributed by atoms with E-state index in [1.54, 1.807) is 12.1 Å². The molecule has 0 aliphatic heterocycles. The first-order chi connectivity index (χ1) is 10.0. The third-order valence-corrected chi connectivity index (χ3v) is 3.06. The molecule has 0 radical (unpaired) electrons. The average Bonchev–Trinajstić information content (AvgIpc) is 2.46. The molecular weight excluding hydrogens is 276 g/mol. The Morgan fingerprint density at radius 3 is 2.62 bits per heavy atom. The van der Waals surface area contributed by atoms with Crippen LogP contribution < -0.4 is 5.32 Å². The van der Waals surface area contributed by atoms with Gasteiger partial charge in [0.25, 0.3) is 0 Å². The lowest BCUT2D eigenvalue weighted by Crippen LogP contribution is -2.09. The lowest BCUT2D eigenvalue weighted by molar-refractivity contribution is 0.0601. The van der Waals surface area contributed by atoms with Crippen molar-refractivity contribution in [3.63, 3.8) is 0 Å². The first-order valence-corrected chi connectivity index (χ1v) is 6.38. The highest BCUT2D eigenvalue weighted by molar-refractivity contribution is 5.95. The Labute approximate surface area is 121 Å². The maximum absolute atomic E-state index is 13.6. The summed E-state index contributed by atoms with van der Waals surface area (Å²) < 4.78 is 31.1. The molecule has 2 rings (SSSR count). The monoisotopic (exact) mass is 291 g/mol. The van der Waals surface area contributed by atoms with E-state index in [1.807, 2.05) is 13.0 Å². The van der Waals surface area contributed by atoms with Gasteiger partial charge in [-0.15, -0.1) is 0 Å². The first-order valence-electron chi connectivity index (χ1n) is 6.38. The Bertz CT molecular complexity index is 671. The number of carbonyl (C=O) groups excluding carboxylic acids is 1. The normalized spacial score (nSPS) is 10.3. The Morgan fingerprint density at radius 1 is 1.19 bits per heavy atom. The summed E-state index contributed by atoms with van der Waals surface area (Å²) in [5.41, 5.74) is 2.14. The van der Waals surface area contributed by atoms with Crippen molar-refractivity contribution in [2.24, 2.45) is 0 Å². The summed E-state index contributed by atoms with van der Waals surface area (Å²) in [6.07, 6.45) is 0. The number of benzene rings is 2. The Kier molecular flexibility index (Phi) is 4.52. The molecular formula is C16H15F2NO2. The van der Waals surface area contributed by atoms with Crippen LogP contribution in [0.4, 0.5) is 14.5 Å². The Morgan fingerprint density at radius 2 is 1.95 bits per heavy atom. The highest BCUT2D eigenvalue weighted by atomic mass is 19.1. The molecule has 0 fully saturated rings. The van der Waals surface area contributed by atoms with E-state index < -0.39 is 17.6 Å². The third-order valence-electron chi connectivity index (χ3n) is 3.06. The topological polar surface area (TPSA) is 38.3 Å². The standard InChI is InChI=1S/C16H15F2NO2/c1-10-3-6-15(13(7-10)16(20)21-2)19-9-11-4-5-12(17)8-14(11)18/h3-8,19H,9H2,1-2H3. The minimum atomic E-state index is -0.630. The van der Waals surface area contributed by atoms with Crippen LogP contribution in [-0.2, 0) is 11.3 Å². The number of methoxy groups -OCH3 is 1. The van der Waals surface area contributed by atoms with Crippen LogP contribution in [0.5, 0.6) is 0 Å². The van der Waals surface area contributed by atoms with Crippen molar-refractivity contribution < 1.29 is 18.3 Å². The van der Waals surface area contributed by atoms with E-state index in [0.29, 0.717) is 16.8 Å². The molecule has 0 unspecified atom stereocenters. The Hall–Kier alpha value is -2.43. The molecule has 3 nitrogen and oxygen atoms in total. The lowest BCUT2D eigenvalue weighted by Gasteiger charge is -2.12. The number of halogens is 2. The van der Waals surface area contributed by atoms with Gasteiger partial charge in [-0.1, -0.05) is 17.7 Å². The van der Waals surface area contributed by atoms with Crippen molar-refractivity contribution in [2.75, 3.05) is 12.4 Å². The highest BCUT2D eigenvalue weighted by Crippen LogP contribution is 2.20. The van der Waals surface area contributed by atoms with Gasteiger partial charge in [0.2, 0.25) is 0 Å². The van der Waals surface area contributed by atoms with E-state index in [0.717, 1.165) is 11.6 Å². The van der Waals surface area contributed by atoms with Crippen molar-refractivity contribution in [1.29, 1.82) is 0 Å². The number of hydrogen-bond donors (Lipinski definition) is 1. The second kappa shape index (κ2) is 6.35. The largest absolute Gasteiger partial charge is 0.465 e. The zero-order chi connectivity index (χ0) is 15.4. The summed E-state index contributed by atoms with van der Waals surface area (Å²) in [7, 11) is 1.30. The highest BCUT2D eigenvalue weighted by Gasteiger charge is 2.12. The molecule has 0 bridgehead atoms. The molecule has 21 heavy (non-hydrogen) atoms. The van der Waals surface area contributed by atoms with Crippen molar-refractivity contribution in [3.8, 4) is 0 Å². The predicted molar refractivity (Wildman–Crippen MR) is 76.2 cm³/mol. The molecule has 0 aliphatic carbocycles. The molecule has 2 aromatic carbocycles. The number of hydrogen-bond acceptors (Lipinski definition) is 3. The van der Waals surface area contributed by atoms with Crippen molar-refractivity contribution >= 4 is 11.7 Å². The van der Waals surface area contributed by atoms with Crippen molar-refractivity contribution in [2.45, 2.75) is 13.5 Å². The van der Waals surface area contributed by atoms with Crippen LogP contribution in [0.1, 0.15) is 21.5 Å². The number of carbonyl (C=O) groups is 1. The van der Waals surface area contributed by atoms with E-state index >= 15 is 0 Å². The number of nitrogens with one attached hydrogen (secondary N) is 1. The molecule has 0 spiro atoms. The SMILES string of the molecule is COC(=O)c1cc(C)ccc1NCc1ccc(F)cc1F. The minimum Gasteiger partial charge on any atom is -0.465 e. The van der Waals surface area contributed by atoms with Gasteiger partial charge in [0, 0.05) is 23.9 Å². The van der Waals surface area contributed by atoms with Gasteiger partial charge in [-0.2, -0.15) is 0 Å². The molecule has 110 valence electrons. The van der Waals surface area contributed by atoms with E-state index in [2.05, 4.69) is 5.32 Å². The van der Waals surface area contributed by atoms with E-state index in [-0.39, 0.29) is 6.54 Å². The molecule has 0 aliphatic rings. The average molecular weight is 291 g/mol.